The van der Waals surface area contributed by atoms with E-state index in [9.17, 15) is 0 Å². The zero-order valence-electron chi connectivity index (χ0n) is 45.0. The summed E-state index contributed by atoms with van der Waals surface area (Å²) in [7, 11) is 0. The molecule has 2 aliphatic heterocycles. The number of aryl methyl sites for hydroxylation is 2. The van der Waals surface area contributed by atoms with Gasteiger partial charge in [-0.25, -0.2) is 0 Å². The Balaban J connectivity index is 1.31. The highest BCUT2D eigenvalue weighted by Crippen LogP contribution is 2.54. The number of para-hydroxylation sites is 1. The Labute approximate surface area is 429 Å². The first-order valence-corrected chi connectivity index (χ1v) is 26.9. The maximum atomic E-state index is 2.68. The van der Waals surface area contributed by atoms with Gasteiger partial charge in [-0.3, -0.25) is 0 Å². The third-order valence-corrected chi connectivity index (χ3v) is 17.5. The Morgan fingerprint density at radius 2 is 1.07 bits per heavy atom. The van der Waals surface area contributed by atoms with E-state index < -0.39 is 0 Å². The van der Waals surface area contributed by atoms with Crippen LogP contribution in [0.2, 0.25) is 0 Å². The summed E-state index contributed by atoms with van der Waals surface area (Å²) in [6, 6.07) is 54.6. The van der Waals surface area contributed by atoms with Gasteiger partial charge >= 0.3 is 0 Å². The molecule has 0 N–H and O–H groups in total. The van der Waals surface area contributed by atoms with Gasteiger partial charge in [0.25, 0.3) is 6.71 Å². The summed E-state index contributed by atoms with van der Waals surface area (Å²) in [5.74, 6) is 0. The number of fused-ring (bicyclic) bond motifs is 7. The predicted molar refractivity (Wildman–Crippen MR) is 311 cm³/mol. The van der Waals surface area contributed by atoms with Crippen molar-refractivity contribution in [3.05, 3.63) is 178 Å². The summed E-state index contributed by atoms with van der Waals surface area (Å²) in [6.45, 7) is 35.3. The van der Waals surface area contributed by atoms with Crippen LogP contribution in [0.4, 0.5) is 51.2 Å². The molecule has 0 unspecified atom stereocenters. The van der Waals surface area contributed by atoms with E-state index in [1.54, 1.807) is 0 Å². The molecule has 0 atom stereocenters. The Kier molecular flexibility index (Phi) is 10.8. The lowest BCUT2D eigenvalue weighted by molar-refractivity contribution is 0.332. The van der Waals surface area contributed by atoms with Crippen molar-refractivity contribution in [2.24, 2.45) is 0 Å². The van der Waals surface area contributed by atoms with Gasteiger partial charge < -0.3 is 14.7 Å². The lowest BCUT2D eigenvalue weighted by atomic mass is 9.36. The van der Waals surface area contributed by atoms with Crippen LogP contribution in [0.25, 0.3) is 10.1 Å². The fraction of sp³-hybridized carbons (Fsp3) is 0.333. The molecule has 5 heteroatoms. The van der Waals surface area contributed by atoms with Crippen LogP contribution >= 0.6 is 11.3 Å². The molecule has 360 valence electrons. The van der Waals surface area contributed by atoms with Crippen LogP contribution in [0.15, 0.2) is 140 Å². The fourth-order valence-electron chi connectivity index (χ4n) is 11.9. The highest BCUT2D eigenvalue weighted by Gasteiger charge is 2.47. The van der Waals surface area contributed by atoms with Gasteiger partial charge in [-0.1, -0.05) is 157 Å². The van der Waals surface area contributed by atoms with Crippen LogP contribution in [-0.4, -0.2) is 6.71 Å². The standard InChI is InChI=1S/C66H72BN3S/c1-41-19-18-21-48(35-41)68(54-22-17-16-20-42(54)2)49-37-56-59-57(38-49)70(47-30-25-44(26-31-47)63(6,7)8)60-50-39-51-52(66(14,15)34-33-65(51,12)13)40-58(50)71-61(60)67(59)53-36-45(64(9,10)11)27-32-55(53)69(56)46-28-23-43(24-29-46)62(3,4)5/h16-32,35-40H,33-34H2,1-15H3. The van der Waals surface area contributed by atoms with Crippen molar-refractivity contribution in [2.75, 3.05) is 14.7 Å². The fourth-order valence-corrected chi connectivity index (χ4v) is 13.2. The number of rotatable bonds is 5. The summed E-state index contributed by atoms with van der Waals surface area (Å²) < 4.78 is 2.80. The molecule has 0 saturated heterocycles. The van der Waals surface area contributed by atoms with E-state index in [1.165, 1.54) is 117 Å². The van der Waals surface area contributed by atoms with E-state index in [1.807, 2.05) is 11.3 Å². The SMILES string of the molecule is Cc1cccc(N(c2cc3c4c(c2)N(c2ccc(C(C)(C)C)cc2)c2c(sc5cc6c(cc25)C(C)(C)CCC6(C)C)B4c2cc(C(C)(C)C)ccc2N3c2ccc(C(C)(C)C)cc2)c2ccccc2C)c1. The predicted octanol–water partition coefficient (Wildman–Crippen LogP) is 17.3. The topological polar surface area (TPSA) is 9.72 Å². The lowest BCUT2D eigenvalue weighted by Crippen LogP contribution is -2.60. The molecule has 3 aliphatic rings. The minimum absolute atomic E-state index is 0.00197. The van der Waals surface area contributed by atoms with Gasteiger partial charge in [0.2, 0.25) is 0 Å². The first-order valence-electron chi connectivity index (χ1n) is 26.1. The second-order valence-corrected chi connectivity index (χ2v) is 26.6. The largest absolute Gasteiger partial charge is 0.311 e. The number of thiophene rings is 1. The minimum atomic E-state index is -0.0439. The van der Waals surface area contributed by atoms with E-state index in [4.69, 9.17) is 0 Å². The van der Waals surface area contributed by atoms with Crippen LogP contribution < -0.4 is 30.4 Å². The quantitative estimate of drug-likeness (QED) is 0.159. The summed E-state index contributed by atoms with van der Waals surface area (Å²) >= 11 is 2.03. The second kappa shape index (κ2) is 16.2. The number of benzene rings is 7. The average molecular weight is 950 g/mol. The normalized spacial score (nSPS) is 15.8. The first-order chi connectivity index (χ1) is 33.4. The number of hydrogen-bond acceptors (Lipinski definition) is 4. The van der Waals surface area contributed by atoms with Crippen molar-refractivity contribution in [1.29, 1.82) is 0 Å². The van der Waals surface area contributed by atoms with Gasteiger partial charge in [-0.05, 0) is 176 Å². The van der Waals surface area contributed by atoms with Crippen molar-refractivity contribution in [3.8, 4) is 0 Å². The number of hydrogen-bond donors (Lipinski definition) is 0. The highest BCUT2D eigenvalue weighted by molar-refractivity contribution is 7.33. The maximum Gasteiger partial charge on any atom is 0.264 e. The zero-order valence-corrected chi connectivity index (χ0v) is 45.8. The van der Waals surface area contributed by atoms with Crippen LogP contribution in [0, 0.1) is 13.8 Å². The molecule has 0 saturated carbocycles. The summed E-state index contributed by atoms with van der Waals surface area (Å²) in [6.07, 6.45) is 2.36. The molecule has 0 radical (unpaired) electrons. The highest BCUT2D eigenvalue weighted by atomic mass is 32.1. The van der Waals surface area contributed by atoms with Gasteiger partial charge in [0.1, 0.15) is 0 Å². The van der Waals surface area contributed by atoms with E-state index in [0.717, 1.165) is 11.4 Å². The molecule has 8 aromatic rings. The van der Waals surface area contributed by atoms with E-state index in [0.29, 0.717) is 0 Å². The van der Waals surface area contributed by atoms with Gasteiger partial charge in [-0.15, -0.1) is 11.3 Å². The van der Waals surface area contributed by atoms with Gasteiger partial charge in [0.05, 0.1) is 11.4 Å². The van der Waals surface area contributed by atoms with Crippen LogP contribution in [-0.2, 0) is 27.1 Å². The zero-order chi connectivity index (χ0) is 50.3. The molecule has 1 aliphatic carbocycles. The molecule has 0 amide bonds. The monoisotopic (exact) mass is 950 g/mol. The molecular formula is C66H72BN3S. The Hall–Kier alpha value is -6.04. The Bertz CT molecular complexity index is 3410. The second-order valence-electron chi connectivity index (χ2n) is 25.6. The van der Waals surface area contributed by atoms with Crippen molar-refractivity contribution >= 4 is 95.0 Å². The van der Waals surface area contributed by atoms with Crippen molar-refractivity contribution in [3.63, 3.8) is 0 Å². The molecule has 3 heterocycles. The molecule has 1 aromatic heterocycles. The smallest absolute Gasteiger partial charge is 0.264 e. The summed E-state index contributed by atoms with van der Waals surface area (Å²) in [5.41, 5.74) is 23.2. The van der Waals surface area contributed by atoms with Gasteiger partial charge in [0.15, 0.2) is 0 Å². The van der Waals surface area contributed by atoms with E-state index >= 15 is 0 Å². The Morgan fingerprint density at radius 3 is 1.65 bits per heavy atom. The van der Waals surface area contributed by atoms with Crippen molar-refractivity contribution in [1.82, 2.24) is 0 Å². The maximum absolute atomic E-state index is 2.68. The van der Waals surface area contributed by atoms with Crippen LogP contribution in [0.3, 0.4) is 0 Å². The molecule has 7 aromatic carbocycles. The third kappa shape index (κ3) is 7.84. The molecule has 0 spiro atoms. The van der Waals surface area contributed by atoms with Gasteiger partial charge in [-0.2, -0.15) is 0 Å². The summed E-state index contributed by atoms with van der Waals surface area (Å²) in [5, 5.41) is 1.36. The minimum Gasteiger partial charge on any atom is -0.311 e. The van der Waals surface area contributed by atoms with E-state index in [2.05, 4.69) is 258 Å². The molecule has 3 nitrogen and oxygen atoms in total. The Morgan fingerprint density at radius 1 is 0.521 bits per heavy atom. The molecule has 0 fully saturated rings. The lowest BCUT2D eigenvalue weighted by Gasteiger charge is -2.44. The van der Waals surface area contributed by atoms with Gasteiger partial charge in [0, 0.05) is 54.7 Å². The molecular weight excluding hydrogens is 878 g/mol. The van der Waals surface area contributed by atoms with Crippen LogP contribution in [0.5, 0.6) is 0 Å². The van der Waals surface area contributed by atoms with Crippen molar-refractivity contribution < 1.29 is 0 Å². The molecule has 11 rings (SSSR count). The van der Waals surface area contributed by atoms with E-state index in [-0.39, 0.29) is 33.8 Å². The molecule has 0 bridgehead atoms. The molecule has 71 heavy (non-hydrogen) atoms. The summed E-state index contributed by atoms with van der Waals surface area (Å²) in [4.78, 5) is 7.79. The van der Waals surface area contributed by atoms with Crippen LogP contribution in [0.1, 0.15) is 142 Å². The van der Waals surface area contributed by atoms with Crippen molar-refractivity contribution in [2.45, 2.75) is 144 Å². The number of anilines is 9. The number of nitrogens with zero attached hydrogens (tertiary/aromatic N) is 3. The first kappa shape index (κ1) is 47.3. The third-order valence-electron chi connectivity index (χ3n) is 16.3. The average Bonchev–Trinajstić information content (AvgIpc) is 3.68.